The van der Waals surface area contributed by atoms with Gasteiger partial charge < -0.3 is 14.8 Å². The van der Waals surface area contributed by atoms with Crippen molar-refractivity contribution in [3.8, 4) is 0 Å². The number of rotatable bonds is 3. The van der Waals surface area contributed by atoms with Crippen LogP contribution in [0.4, 0.5) is 4.79 Å². The van der Waals surface area contributed by atoms with E-state index in [0.717, 1.165) is 5.56 Å². The first-order chi connectivity index (χ1) is 9.23. The summed E-state index contributed by atoms with van der Waals surface area (Å²) in [6.07, 6.45) is -0.659. The minimum absolute atomic E-state index is 0.542. The zero-order valence-corrected chi connectivity index (χ0v) is 12.5. The Balaban J connectivity index is 2.88. The van der Waals surface area contributed by atoms with E-state index in [9.17, 15) is 9.59 Å². The predicted molar refractivity (Wildman–Crippen MR) is 75.3 cm³/mol. The minimum atomic E-state index is -0.879. The number of carbonyl (C=O) groups is 2. The van der Waals surface area contributed by atoms with Crippen LogP contribution in [0.15, 0.2) is 24.3 Å². The van der Waals surface area contributed by atoms with Crippen molar-refractivity contribution in [2.75, 3.05) is 7.11 Å². The van der Waals surface area contributed by atoms with Gasteiger partial charge >= 0.3 is 12.1 Å². The summed E-state index contributed by atoms with van der Waals surface area (Å²) in [5, 5.41) is 2.52. The second-order valence-corrected chi connectivity index (χ2v) is 5.51. The van der Waals surface area contributed by atoms with Crippen LogP contribution in [0, 0.1) is 6.92 Å². The molecule has 0 bridgehead atoms. The highest BCUT2D eigenvalue weighted by atomic mass is 16.6. The lowest BCUT2D eigenvalue weighted by Gasteiger charge is -2.22. The van der Waals surface area contributed by atoms with Crippen LogP contribution in [-0.2, 0) is 14.3 Å². The average molecular weight is 279 g/mol. The molecular formula is C15H21NO4. The van der Waals surface area contributed by atoms with Crippen molar-refractivity contribution in [1.82, 2.24) is 5.32 Å². The number of hydrogen-bond donors (Lipinski definition) is 1. The molecule has 0 heterocycles. The van der Waals surface area contributed by atoms with Crippen molar-refractivity contribution in [3.63, 3.8) is 0 Å². The molecule has 0 saturated heterocycles. The molecule has 0 aromatic heterocycles. The van der Waals surface area contributed by atoms with Gasteiger partial charge in [-0.1, -0.05) is 29.8 Å². The van der Waals surface area contributed by atoms with Crippen LogP contribution >= 0.6 is 0 Å². The van der Waals surface area contributed by atoms with Gasteiger partial charge in [0.2, 0.25) is 0 Å². The quantitative estimate of drug-likeness (QED) is 0.864. The predicted octanol–water partition coefficient (Wildman–Crippen LogP) is 2.73. The Morgan fingerprint density at radius 2 is 1.70 bits per heavy atom. The summed E-state index contributed by atoms with van der Waals surface area (Å²) in [4.78, 5) is 23.6. The van der Waals surface area contributed by atoms with Crippen LogP contribution in [0.1, 0.15) is 37.9 Å². The normalized spacial score (nSPS) is 12.4. The van der Waals surface area contributed by atoms with Crippen molar-refractivity contribution in [2.45, 2.75) is 39.3 Å². The van der Waals surface area contributed by atoms with Crippen molar-refractivity contribution in [2.24, 2.45) is 0 Å². The maximum Gasteiger partial charge on any atom is 0.408 e. The van der Waals surface area contributed by atoms with Gasteiger partial charge in [-0.2, -0.15) is 0 Å². The maximum atomic E-state index is 11.8. The summed E-state index contributed by atoms with van der Waals surface area (Å²) in [6.45, 7) is 7.21. The van der Waals surface area contributed by atoms with Gasteiger partial charge in [0, 0.05) is 0 Å². The van der Waals surface area contributed by atoms with Crippen molar-refractivity contribution in [3.05, 3.63) is 35.4 Å². The molecule has 0 radical (unpaired) electrons. The standard InChI is InChI=1S/C15H21NO4/c1-10-6-8-11(9-7-10)12(13(17)19-5)16-14(18)20-15(2,3)4/h6-9,12H,1-5H3,(H,16,18)/t12-/m0/s1. The Hall–Kier alpha value is -2.04. The van der Waals surface area contributed by atoms with Gasteiger partial charge in [-0.15, -0.1) is 0 Å². The van der Waals surface area contributed by atoms with E-state index in [1.807, 2.05) is 19.1 Å². The van der Waals surface area contributed by atoms with Crippen LogP contribution in [0.25, 0.3) is 0 Å². The van der Waals surface area contributed by atoms with Gasteiger partial charge in [0.05, 0.1) is 7.11 Å². The zero-order valence-electron chi connectivity index (χ0n) is 12.5. The monoisotopic (exact) mass is 279 g/mol. The number of esters is 1. The van der Waals surface area contributed by atoms with E-state index in [1.54, 1.807) is 32.9 Å². The highest BCUT2D eigenvalue weighted by molar-refractivity contribution is 5.82. The molecule has 1 amide bonds. The number of amides is 1. The number of aryl methyl sites for hydroxylation is 1. The van der Waals surface area contributed by atoms with Gasteiger partial charge in [0.25, 0.3) is 0 Å². The van der Waals surface area contributed by atoms with Crippen LogP contribution in [0.5, 0.6) is 0 Å². The number of carbonyl (C=O) groups excluding carboxylic acids is 2. The highest BCUT2D eigenvalue weighted by Gasteiger charge is 2.26. The number of benzene rings is 1. The Bertz CT molecular complexity index is 474. The molecule has 0 unspecified atom stereocenters. The largest absolute Gasteiger partial charge is 0.467 e. The summed E-state index contributed by atoms with van der Waals surface area (Å²) < 4.78 is 9.87. The lowest BCUT2D eigenvalue weighted by molar-refractivity contribution is -0.143. The van der Waals surface area contributed by atoms with Gasteiger partial charge in [-0.05, 0) is 33.3 Å². The number of alkyl carbamates (subject to hydrolysis) is 1. The van der Waals surface area contributed by atoms with E-state index in [2.05, 4.69) is 5.32 Å². The molecule has 0 spiro atoms. The Labute approximate surface area is 119 Å². The second-order valence-electron chi connectivity index (χ2n) is 5.51. The number of methoxy groups -OCH3 is 1. The first-order valence-electron chi connectivity index (χ1n) is 6.37. The molecule has 5 heteroatoms. The molecule has 0 fully saturated rings. The van der Waals surface area contributed by atoms with Crippen molar-refractivity contribution in [1.29, 1.82) is 0 Å². The molecule has 0 aliphatic rings. The fourth-order valence-electron chi connectivity index (χ4n) is 1.58. The van der Waals surface area contributed by atoms with E-state index < -0.39 is 23.7 Å². The number of hydrogen-bond acceptors (Lipinski definition) is 4. The first-order valence-corrected chi connectivity index (χ1v) is 6.37. The topological polar surface area (TPSA) is 64.6 Å². The molecule has 1 N–H and O–H groups in total. The molecule has 0 saturated carbocycles. The van der Waals surface area contributed by atoms with Gasteiger partial charge in [-0.25, -0.2) is 9.59 Å². The second kappa shape index (κ2) is 6.41. The molecule has 20 heavy (non-hydrogen) atoms. The minimum Gasteiger partial charge on any atom is -0.467 e. The third-order valence-electron chi connectivity index (χ3n) is 2.51. The number of nitrogens with one attached hydrogen (secondary N) is 1. The van der Waals surface area contributed by atoms with E-state index in [1.165, 1.54) is 7.11 Å². The maximum absolute atomic E-state index is 11.8. The molecule has 1 aromatic rings. The molecule has 110 valence electrons. The summed E-state index contributed by atoms with van der Waals surface area (Å²) >= 11 is 0. The lowest BCUT2D eigenvalue weighted by atomic mass is 10.1. The van der Waals surface area contributed by atoms with E-state index >= 15 is 0 Å². The summed E-state index contributed by atoms with van der Waals surface area (Å²) in [6, 6.07) is 6.39. The molecule has 1 rings (SSSR count). The highest BCUT2D eigenvalue weighted by Crippen LogP contribution is 2.17. The third kappa shape index (κ3) is 4.91. The molecule has 5 nitrogen and oxygen atoms in total. The third-order valence-corrected chi connectivity index (χ3v) is 2.51. The lowest BCUT2D eigenvalue weighted by Crippen LogP contribution is -2.38. The summed E-state index contributed by atoms with van der Waals surface area (Å²) in [5.41, 5.74) is 1.08. The van der Waals surface area contributed by atoms with E-state index in [-0.39, 0.29) is 0 Å². The fourth-order valence-corrected chi connectivity index (χ4v) is 1.58. The molecule has 0 aliphatic carbocycles. The first kappa shape index (κ1) is 16.0. The molecule has 1 atom stereocenters. The molecule has 0 aliphatic heterocycles. The summed E-state index contributed by atoms with van der Waals surface area (Å²) in [5.74, 6) is -0.542. The van der Waals surface area contributed by atoms with Gasteiger partial charge in [0.1, 0.15) is 5.60 Å². The molecular weight excluding hydrogens is 258 g/mol. The Morgan fingerprint density at radius 1 is 1.15 bits per heavy atom. The van der Waals surface area contributed by atoms with Gasteiger partial charge in [0.15, 0.2) is 6.04 Å². The van der Waals surface area contributed by atoms with Crippen LogP contribution < -0.4 is 5.32 Å². The van der Waals surface area contributed by atoms with Crippen molar-refractivity contribution >= 4 is 12.1 Å². The fraction of sp³-hybridized carbons (Fsp3) is 0.467. The van der Waals surface area contributed by atoms with E-state index in [0.29, 0.717) is 5.56 Å². The SMILES string of the molecule is COC(=O)[C@@H](NC(=O)OC(C)(C)C)c1ccc(C)cc1. The smallest absolute Gasteiger partial charge is 0.408 e. The molecule has 1 aromatic carbocycles. The van der Waals surface area contributed by atoms with Crippen LogP contribution in [0.3, 0.4) is 0 Å². The number of ether oxygens (including phenoxy) is 2. The van der Waals surface area contributed by atoms with Crippen LogP contribution in [-0.4, -0.2) is 24.8 Å². The summed E-state index contributed by atoms with van der Waals surface area (Å²) in [7, 11) is 1.28. The van der Waals surface area contributed by atoms with Crippen molar-refractivity contribution < 1.29 is 19.1 Å². The zero-order chi connectivity index (χ0) is 15.3. The Kier molecular flexibility index (Phi) is 5.13. The average Bonchev–Trinajstić information content (AvgIpc) is 2.34. The van der Waals surface area contributed by atoms with Gasteiger partial charge in [-0.3, -0.25) is 0 Å². The van der Waals surface area contributed by atoms with Crippen LogP contribution in [0.2, 0.25) is 0 Å². The van der Waals surface area contributed by atoms with E-state index in [4.69, 9.17) is 9.47 Å². The Morgan fingerprint density at radius 3 is 2.15 bits per heavy atom.